The third-order valence-corrected chi connectivity index (χ3v) is 25.9. The number of methoxy groups -OCH3 is 1. The quantitative estimate of drug-likeness (QED) is 0.127. The first-order chi connectivity index (χ1) is 56.4. The number of rotatable bonds is 11. The molecule has 20 rings (SSSR count). The number of halogens is 1. The number of pyridine rings is 4. The number of nitrogens with zero attached hydrogens (tertiary/aromatic N) is 18. The number of aryl methyl sites for hydroxylation is 3. The molecule has 15 aromatic rings. The third-order valence-electron chi connectivity index (χ3n) is 23.1. The molecule has 0 unspecified atom stereocenters. The molecule has 0 amide bonds. The number of fused-ring (bicyclic) bond motifs is 8. The van der Waals surface area contributed by atoms with Crippen LogP contribution in [0.25, 0.3) is 98.3 Å². The van der Waals surface area contributed by atoms with Crippen LogP contribution in [0.3, 0.4) is 0 Å². The Morgan fingerprint density at radius 3 is 1.23 bits per heavy atom. The van der Waals surface area contributed by atoms with Crippen molar-refractivity contribution in [1.82, 2.24) is 72.5 Å². The van der Waals surface area contributed by atoms with Crippen LogP contribution in [-0.2, 0) is 0 Å². The van der Waals surface area contributed by atoms with Crippen LogP contribution in [0.2, 0.25) is 0 Å². The van der Waals surface area contributed by atoms with Gasteiger partial charge in [-0.05, 0) is 205 Å². The largest absolute Gasteiger partial charge is 0.494 e. The smallest absolute Gasteiger partial charge is 0.258 e. The molecule has 24 nitrogen and oxygen atoms in total. The number of likely N-dealkylation sites (N-methyl/N-ethyl adjacent to an activating group) is 1. The molecule has 117 heavy (non-hydrogen) atoms. The zero-order valence-electron chi connectivity index (χ0n) is 67.4. The lowest BCUT2D eigenvalue weighted by molar-refractivity contribution is 0.231. The van der Waals surface area contributed by atoms with Crippen LogP contribution < -0.4 is 51.9 Å². The molecule has 1 N–H and O–H groups in total. The molecule has 0 aliphatic carbocycles. The first-order valence-corrected chi connectivity index (χ1v) is 42.3. The van der Waals surface area contributed by atoms with Crippen molar-refractivity contribution >= 4 is 110 Å². The summed E-state index contributed by atoms with van der Waals surface area (Å²) in [6, 6.07) is 46.8. The molecule has 5 fully saturated rings. The Kier molecular flexibility index (Phi) is 21.9. The van der Waals surface area contributed by atoms with E-state index in [4.69, 9.17) is 19.7 Å². The van der Waals surface area contributed by atoms with Crippen LogP contribution in [0.1, 0.15) is 61.0 Å². The minimum Gasteiger partial charge on any atom is -0.494 e. The van der Waals surface area contributed by atoms with Crippen molar-refractivity contribution in [2.45, 2.75) is 90.4 Å². The summed E-state index contributed by atoms with van der Waals surface area (Å²) in [5.74, 6) is -0.325. The SMILES string of the molecule is COc1ccc(-c2cc(=O)n3cc(N4CC[C@@H](N(C)C)C4)ccc3n2)cc1F.Cc1nc2ccc(-c3cc(=O)n4cc(N5CCC(N(C)C)CC5)ccc4n3)cc2s1.Cc1nc2ccc(-c3cc(=O)n4cc(N5CCN6CCC[C@@H]6C5)ccc4n3)cc2s1.Cc1nc2ccc(-c3cc(=O)n4cc(N5CCNC(C)(C)C5)ccc4n3)cc2s1. The maximum absolute atomic E-state index is 14.0. The lowest BCUT2D eigenvalue weighted by Gasteiger charge is -2.40. The Morgan fingerprint density at radius 1 is 0.427 bits per heavy atom. The van der Waals surface area contributed by atoms with Gasteiger partial charge in [0.25, 0.3) is 22.2 Å². The molecule has 28 heteroatoms. The van der Waals surface area contributed by atoms with Crippen LogP contribution in [0.15, 0.2) is 190 Å². The van der Waals surface area contributed by atoms with Crippen molar-refractivity contribution < 1.29 is 9.13 Å². The second-order valence-corrected chi connectivity index (χ2v) is 35.7. The van der Waals surface area contributed by atoms with Gasteiger partial charge in [-0.25, -0.2) is 39.3 Å². The number of benzene rings is 4. The first kappa shape index (κ1) is 78.3. The second kappa shape index (κ2) is 32.7. The normalized spacial score (nSPS) is 17.2. The average Bonchev–Trinajstić information content (AvgIpc) is 1.61. The molecular formula is C89H94FN19O5S3. The minimum atomic E-state index is -0.484. The summed E-state index contributed by atoms with van der Waals surface area (Å²) in [5, 5.41) is 6.63. The predicted octanol–water partition coefficient (Wildman–Crippen LogP) is 13.5. The van der Waals surface area contributed by atoms with E-state index in [0.717, 1.165) is 170 Å². The van der Waals surface area contributed by atoms with E-state index in [1.807, 2.05) is 112 Å². The number of hydrogen-bond donors (Lipinski definition) is 1. The van der Waals surface area contributed by atoms with Gasteiger partial charge in [0.1, 0.15) is 22.6 Å². The highest BCUT2D eigenvalue weighted by Gasteiger charge is 2.32. The van der Waals surface area contributed by atoms with E-state index >= 15 is 0 Å². The van der Waals surface area contributed by atoms with Gasteiger partial charge in [0.15, 0.2) is 11.6 Å². The molecule has 0 saturated carbocycles. The summed E-state index contributed by atoms with van der Waals surface area (Å²) in [4.78, 5) is 100. The summed E-state index contributed by atoms with van der Waals surface area (Å²) < 4.78 is 28.8. The molecule has 0 radical (unpaired) electrons. The molecule has 5 aliphatic heterocycles. The summed E-state index contributed by atoms with van der Waals surface area (Å²) in [5.41, 5.74) is 15.3. The zero-order chi connectivity index (χ0) is 81.1. The van der Waals surface area contributed by atoms with Gasteiger partial charge in [-0.2, -0.15) is 0 Å². The minimum absolute atomic E-state index is 0.0445. The molecule has 600 valence electrons. The third kappa shape index (κ3) is 16.8. The fourth-order valence-electron chi connectivity index (χ4n) is 16.8. The second-order valence-electron chi connectivity index (χ2n) is 32.0. The standard InChI is InChI=1S/C23H23N5OS.C23H25N5OS.C22H23N5OS.C21H23FN4O2/c1-15-24-19-6-4-16(11-21(19)30-15)20-12-23(29)28-14-18(5-7-22(28)25-20)27-10-9-26-8-2-3-17(26)13-27;1-15-24-19-6-4-16(12-21(19)30-15)20-13-23(29)28-14-18(5-7-22(28)25-20)27-10-8-17(9-11-27)26(2)3;1-14-24-17-6-4-15(10-19(17)29-14)18-11-21(28)27-12-16(5-7-20(27)25-18)26-9-8-23-22(2,3)13-26;1-24(2)15-8-9-25(12-15)16-5-7-20-23-18(11-21(27)26(20)13-16)14-4-6-19(28-3)17(22)10-14/h4-7,11-12,14,17H,2-3,8-10,13H2,1H3;4-7,12-14,17H,8-11H2,1-3H3;4-7,10-12,23H,8-9,13H2,1-3H3;4-7,10-11,13,15H,8-9,12H2,1-3H3/t17-;;;15-/m1..1/s1. The van der Waals surface area contributed by atoms with Crippen molar-refractivity contribution in [3.05, 3.63) is 233 Å². The van der Waals surface area contributed by atoms with E-state index in [9.17, 15) is 23.6 Å². The summed E-state index contributed by atoms with van der Waals surface area (Å²) >= 11 is 4.97. The van der Waals surface area contributed by atoms with Gasteiger partial charge < -0.3 is 39.5 Å². The van der Waals surface area contributed by atoms with Gasteiger partial charge in [0.05, 0.1) is 98.3 Å². The Morgan fingerprint density at radius 2 is 0.821 bits per heavy atom. The van der Waals surface area contributed by atoms with E-state index < -0.39 is 5.82 Å². The lowest BCUT2D eigenvalue weighted by atomic mass is 10.0. The van der Waals surface area contributed by atoms with Gasteiger partial charge in [-0.15, -0.1) is 34.0 Å². The molecule has 4 aromatic carbocycles. The number of aromatic nitrogens is 11. The van der Waals surface area contributed by atoms with Gasteiger partial charge in [-0.1, -0.05) is 18.2 Å². The summed E-state index contributed by atoms with van der Waals surface area (Å²) in [7, 11) is 9.89. The highest BCUT2D eigenvalue weighted by molar-refractivity contribution is 7.19. The fourth-order valence-corrected chi connectivity index (χ4v) is 19.4. The number of ether oxygens (including phenoxy) is 1. The van der Waals surface area contributed by atoms with Crippen molar-refractivity contribution in [3.63, 3.8) is 0 Å². The molecular weight excluding hydrogens is 1530 g/mol. The van der Waals surface area contributed by atoms with Gasteiger partial charge in [-0.3, -0.25) is 41.7 Å². The first-order valence-electron chi connectivity index (χ1n) is 39.9. The van der Waals surface area contributed by atoms with Crippen molar-refractivity contribution in [2.24, 2.45) is 0 Å². The van der Waals surface area contributed by atoms with E-state index in [2.05, 4.69) is 138 Å². The van der Waals surface area contributed by atoms with Gasteiger partial charge in [0, 0.05) is 160 Å². The topological polar surface area (TPSA) is 220 Å². The van der Waals surface area contributed by atoms with E-state index in [-0.39, 0.29) is 33.5 Å². The Hall–Kier alpha value is -11.2. The Balaban J connectivity index is 0.000000112. The molecule has 16 heterocycles. The molecule has 5 aliphatic rings. The number of piperidine rings is 1. The number of hydrogen-bond acceptors (Lipinski definition) is 23. The number of anilines is 4. The maximum atomic E-state index is 14.0. The molecule has 0 spiro atoms. The summed E-state index contributed by atoms with van der Waals surface area (Å²) in [6.45, 7) is 21.4. The molecule has 11 aromatic heterocycles. The Labute approximate surface area is 688 Å². The number of nitrogens with one attached hydrogen (secondary N) is 1. The van der Waals surface area contributed by atoms with Crippen LogP contribution >= 0.6 is 34.0 Å². The highest BCUT2D eigenvalue weighted by Crippen LogP contribution is 2.34. The van der Waals surface area contributed by atoms with E-state index in [0.29, 0.717) is 69.1 Å². The van der Waals surface area contributed by atoms with E-state index in [1.54, 1.807) is 75.9 Å². The molecule has 2 atom stereocenters. The van der Waals surface area contributed by atoms with Crippen molar-refractivity contribution in [1.29, 1.82) is 0 Å². The van der Waals surface area contributed by atoms with Crippen molar-refractivity contribution in [2.75, 3.05) is 127 Å². The average molecular weight is 1630 g/mol. The van der Waals surface area contributed by atoms with Crippen LogP contribution in [0.5, 0.6) is 5.75 Å². The zero-order valence-corrected chi connectivity index (χ0v) is 69.9. The fraction of sp³-hybridized carbons (Fsp3) is 0.337. The van der Waals surface area contributed by atoms with Crippen molar-refractivity contribution in [3.8, 4) is 50.8 Å². The summed E-state index contributed by atoms with van der Waals surface area (Å²) in [6.07, 6.45) is 13.6. The van der Waals surface area contributed by atoms with Gasteiger partial charge >= 0.3 is 0 Å². The predicted molar refractivity (Wildman–Crippen MR) is 472 cm³/mol. The van der Waals surface area contributed by atoms with Crippen LogP contribution in [0.4, 0.5) is 27.1 Å². The van der Waals surface area contributed by atoms with E-state index in [1.165, 1.54) is 44.7 Å². The number of thiazole rings is 3. The van der Waals surface area contributed by atoms with Gasteiger partial charge in [0.2, 0.25) is 0 Å². The van der Waals surface area contributed by atoms with Crippen LogP contribution in [-0.4, -0.2) is 198 Å². The monoisotopic (exact) mass is 1620 g/mol. The lowest BCUT2D eigenvalue weighted by Crippen LogP contribution is -2.57. The van der Waals surface area contributed by atoms with Crippen LogP contribution in [0, 0.1) is 26.6 Å². The maximum Gasteiger partial charge on any atom is 0.258 e. The molecule has 5 saturated heterocycles. The molecule has 0 bridgehead atoms. The number of piperazine rings is 2. The highest BCUT2D eigenvalue weighted by atomic mass is 32.1. The Bertz CT molecular complexity index is 6540.